The van der Waals surface area contributed by atoms with Gasteiger partial charge in [0.25, 0.3) is 0 Å². The zero-order chi connectivity index (χ0) is 11.0. The van der Waals surface area contributed by atoms with Crippen molar-refractivity contribution in [3.63, 3.8) is 0 Å². The third-order valence-corrected chi connectivity index (χ3v) is 3.28. The van der Waals surface area contributed by atoms with Crippen molar-refractivity contribution in [1.82, 2.24) is 0 Å². The van der Waals surface area contributed by atoms with Crippen LogP contribution in [-0.4, -0.2) is 18.3 Å². The summed E-state index contributed by atoms with van der Waals surface area (Å²) in [6.07, 6.45) is 2.55. The van der Waals surface area contributed by atoms with Crippen LogP contribution in [0.1, 0.15) is 40.5 Å². The molecule has 0 spiro atoms. The molecule has 0 N–H and O–H groups in total. The van der Waals surface area contributed by atoms with Crippen LogP contribution < -0.4 is 0 Å². The fourth-order valence-corrected chi connectivity index (χ4v) is 1.45. The summed E-state index contributed by atoms with van der Waals surface area (Å²) in [5, 5.41) is 0. The van der Waals surface area contributed by atoms with Crippen LogP contribution in [0.3, 0.4) is 0 Å². The van der Waals surface area contributed by atoms with Crippen LogP contribution >= 0.6 is 0 Å². The van der Waals surface area contributed by atoms with Crippen molar-refractivity contribution in [2.75, 3.05) is 0 Å². The quantitative estimate of drug-likeness (QED) is 0.474. The highest BCUT2D eigenvalue weighted by Crippen LogP contribution is 2.48. The van der Waals surface area contributed by atoms with Gasteiger partial charge in [-0.2, -0.15) is 0 Å². The zero-order valence-electron chi connectivity index (χ0n) is 9.80. The van der Waals surface area contributed by atoms with Gasteiger partial charge >= 0.3 is 7.12 Å². The molecular weight excluding hydrogens is 175 g/mol. The normalized spacial score (nSPS) is 28.1. The van der Waals surface area contributed by atoms with Crippen LogP contribution in [0.5, 0.6) is 0 Å². The lowest BCUT2D eigenvalue weighted by Crippen LogP contribution is -2.41. The molecule has 2 aliphatic rings. The van der Waals surface area contributed by atoms with E-state index in [9.17, 15) is 0 Å². The van der Waals surface area contributed by atoms with E-state index in [1.165, 1.54) is 12.8 Å². The summed E-state index contributed by atoms with van der Waals surface area (Å²) in [6, 6.07) is 0. The van der Waals surface area contributed by atoms with Gasteiger partial charge in [-0.15, -0.1) is 13.2 Å². The van der Waals surface area contributed by atoms with E-state index >= 15 is 0 Å². The van der Waals surface area contributed by atoms with Crippen LogP contribution in [0.2, 0.25) is 5.82 Å². The first-order valence-corrected chi connectivity index (χ1v) is 5.28. The maximum absolute atomic E-state index is 5.87. The number of hydrogen-bond acceptors (Lipinski definition) is 2. The Morgan fingerprint density at radius 3 is 1.64 bits per heavy atom. The van der Waals surface area contributed by atoms with E-state index < -0.39 is 0 Å². The summed E-state index contributed by atoms with van der Waals surface area (Å²) in [7, 11) is 0.0648. The SMILES string of the molecule is C=C.CC1(C)OB(C2CC2)OC1(C)C. The molecule has 0 aromatic carbocycles. The van der Waals surface area contributed by atoms with E-state index in [4.69, 9.17) is 9.31 Å². The van der Waals surface area contributed by atoms with Crippen LogP contribution in [-0.2, 0) is 9.31 Å². The number of rotatable bonds is 1. The van der Waals surface area contributed by atoms with Gasteiger partial charge in [0.2, 0.25) is 0 Å². The third kappa shape index (κ3) is 2.04. The van der Waals surface area contributed by atoms with Crippen LogP contribution in [0.4, 0.5) is 0 Å². The standard InChI is InChI=1S/C9H17BO2.C2H4/c1-8(2)9(3,4)12-10(11-8)7-5-6-7;1-2/h7H,5-6H2,1-4H3;1-2H2. The molecule has 2 fully saturated rings. The van der Waals surface area contributed by atoms with Gasteiger partial charge in [-0.05, 0) is 33.5 Å². The van der Waals surface area contributed by atoms with Gasteiger partial charge in [-0.1, -0.05) is 12.8 Å². The van der Waals surface area contributed by atoms with E-state index in [0.29, 0.717) is 5.82 Å². The van der Waals surface area contributed by atoms with E-state index in [0.717, 1.165) is 0 Å². The fraction of sp³-hybridized carbons (Fsp3) is 0.818. The first-order valence-electron chi connectivity index (χ1n) is 5.28. The summed E-state index contributed by atoms with van der Waals surface area (Å²) in [4.78, 5) is 0. The van der Waals surface area contributed by atoms with Gasteiger partial charge in [-0.3, -0.25) is 0 Å². The Bertz CT molecular complexity index is 193. The minimum absolute atomic E-state index is 0.0648. The Labute approximate surface area is 87.8 Å². The topological polar surface area (TPSA) is 18.5 Å². The molecule has 0 radical (unpaired) electrons. The molecule has 1 heterocycles. The predicted octanol–water partition coefficient (Wildman–Crippen LogP) is 3.04. The van der Waals surface area contributed by atoms with Gasteiger partial charge in [0, 0.05) is 0 Å². The Morgan fingerprint density at radius 1 is 1.00 bits per heavy atom. The van der Waals surface area contributed by atoms with Crippen LogP contribution in [0.15, 0.2) is 13.2 Å². The van der Waals surface area contributed by atoms with Crippen molar-refractivity contribution < 1.29 is 9.31 Å². The average molecular weight is 196 g/mol. The highest BCUT2D eigenvalue weighted by molar-refractivity contribution is 6.48. The van der Waals surface area contributed by atoms with Crippen molar-refractivity contribution in [3.05, 3.63) is 13.2 Å². The minimum Gasteiger partial charge on any atom is -0.403 e. The molecule has 0 amide bonds. The molecule has 1 saturated carbocycles. The maximum atomic E-state index is 5.87. The molecule has 1 aliphatic carbocycles. The number of hydrogen-bond donors (Lipinski definition) is 0. The predicted molar refractivity (Wildman–Crippen MR) is 60.3 cm³/mol. The summed E-state index contributed by atoms with van der Waals surface area (Å²) < 4.78 is 11.7. The molecule has 2 nitrogen and oxygen atoms in total. The van der Waals surface area contributed by atoms with Crippen molar-refractivity contribution in [2.24, 2.45) is 0 Å². The Kier molecular flexibility index (Phi) is 3.12. The third-order valence-electron chi connectivity index (χ3n) is 3.28. The summed E-state index contributed by atoms with van der Waals surface area (Å²) in [5.41, 5.74) is -0.277. The lowest BCUT2D eigenvalue weighted by atomic mass is 9.82. The second kappa shape index (κ2) is 3.71. The van der Waals surface area contributed by atoms with E-state index in [1.807, 2.05) is 0 Å². The van der Waals surface area contributed by atoms with Crippen molar-refractivity contribution in [2.45, 2.75) is 57.6 Å². The van der Waals surface area contributed by atoms with E-state index in [1.54, 1.807) is 0 Å². The molecule has 0 atom stereocenters. The second-order valence-electron chi connectivity index (χ2n) is 4.96. The summed E-state index contributed by atoms with van der Waals surface area (Å²) in [6.45, 7) is 14.4. The molecule has 2 rings (SSSR count). The van der Waals surface area contributed by atoms with Crippen molar-refractivity contribution in [3.8, 4) is 0 Å². The highest BCUT2D eigenvalue weighted by atomic mass is 16.7. The summed E-state index contributed by atoms with van der Waals surface area (Å²) in [5.74, 6) is 0.672. The largest absolute Gasteiger partial charge is 0.461 e. The van der Waals surface area contributed by atoms with Gasteiger partial charge in [0.1, 0.15) is 0 Å². The first kappa shape index (κ1) is 11.8. The van der Waals surface area contributed by atoms with Crippen molar-refractivity contribution in [1.29, 1.82) is 0 Å². The van der Waals surface area contributed by atoms with E-state index in [-0.39, 0.29) is 18.3 Å². The van der Waals surface area contributed by atoms with E-state index in [2.05, 4.69) is 40.9 Å². The smallest absolute Gasteiger partial charge is 0.403 e. The average Bonchev–Trinajstić information content (AvgIpc) is 2.84. The van der Waals surface area contributed by atoms with Crippen LogP contribution in [0.25, 0.3) is 0 Å². The summed E-state index contributed by atoms with van der Waals surface area (Å²) >= 11 is 0. The van der Waals surface area contributed by atoms with Gasteiger partial charge in [0.15, 0.2) is 0 Å². The molecule has 1 saturated heterocycles. The Morgan fingerprint density at radius 2 is 1.36 bits per heavy atom. The van der Waals surface area contributed by atoms with Crippen LogP contribution in [0, 0.1) is 0 Å². The first-order chi connectivity index (χ1) is 6.42. The minimum atomic E-state index is -0.139. The molecule has 1 aliphatic heterocycles. The second-order valence-corrected chi connectivity index (χ2v) is 4.96. The van der Waals surface area contributed by atoms with Gasteiger partial charge in [-0.25, -0.2) is 0 Å². The lowest BCUT2D eigenvalue weighted by Gasteiger charge is -2.32. The fourth-order valence-electron chi connectivity index (χ4n) is 1.45. The highest BCUT2D eigenvalue weighted by Gasteiger charge is 2.55. The lowest BCUT2D eigenvalue weighted by molar-refractivity contribution is 0.00578. The molecule has 0 unspecified atom stereocenters. The van der Waals surface area contributed by atoms with Crippen molar-refractivity contribution >= 4 is 7.12 Å². The van der Waals surface area contributed by atoms with Gasteiger partial charge < -0.3 is 9.31 Å². The molecular formula is C11H21BO2. The van der Waals surface area contributed by atoms with Gasteiger partial charge in [0.05, 0.1) is 11.2 Å². The molecule has 14 heavy (non-hydrogen) atoms. The Balaban J connectivity index is 0.000000461. The Hall–Kier alpha value is -0.275. The molecule has 0 aromatic rings. The molecule has 3 heteroatoms. The monoisotopic (exact) mass is 196 g/mol. The zero-order valence-corrected chi connectivity index (χ0v) is 9.80. The molecule has 0 aromatic heterocycles. The molecule has 80 valence electrons. The molecule has 0 bridgehead atoms. The maximum Gasteiger partial charge on any atom is 0.461 e.